The molecule has 0 aliphatic heterocycles. The zero-order valence-electron chi connectivity index (χ0n) is 13.5. The maximum Gasteiger partial charge on any atom is 0.315 e. The molecule has 5 heteroatoms. The number of amides is 3. The maximum atomic E-state index is 11.8. The predicted octanol–water partition coefficient (Wildman–Crippen LogP) is 2.70. The number of urea groups is 1. The first-order valence-corrected chi connectivity index (χ1v) is 8.45. The average molecular weight is 297 g/mol. The first-order chi connectivity index (χ1) is 10.1. The van der Waals surface area contributed by atoms with E-state index in [0.29, 0.717) is 19.0 Å². The second-order valence-electron chi connectivity index (χ2n) is 6.07. The standard InChI is InChI=1S/C16H31N3O2/c1-3-13(2)18-15(20)11-12-17-16(21)19-14-9-7-5-4-6-8-10-14/h13-14H,3-12H2,1-2H3,(H,18,20)(H2,17,19,21). The molecule has 0 bridgehead atoms. The Morgan fingerprint density at radius 2 is 1.71 bits per heavy atom. The van der Waals surface area contributed by atoms with Crippen molar-refractivity contribution in [2.75, 3.05) is 6.54 Å². The summed E-state index contributed by atoms with van der Waals surface area (Å²) in [5.41, 5.74) is 0. The summed E-state index contributed by atoms with van der Waals surface area (Å²) < 4.78 is 0. The first-order valence-electron chi connectivity index (χ1n) is 8.45. The van der Waals surface area contributed by atoms with E-state index in [0.717, 1.165) is 19.3 Å². The van der Waals surface area contributed by atoms with Gasteiger partial charge in [-0.05, 0) is 26.2 Å². The molecule has 1 unspecified atom stereocenters. The summed E-state index contributed by atoms with van der Waals surface area (Å²) in [6.45, 7) is 4.40. The lowest BCUT2D eigenvalue weighted by Crippen LogP contribution is -2.43. The van der Waals surface area contributed by atoms with E-state index in [1.54, 1.807) is 0 Å². The lowest BCUT2D eigenvalue weighted by atomic mass is 9.97. The van der Waals surface area contributed by atoms with Crippen LogP contribution in [0.4, 0.5) is 4.79 Å². The Bertz CT molecular complexity index is 313. The third-order valence-electron chi connectivity index (χ3n) is 4.10. The van der Waals surface area contributed by atoms with E-state index in [-0.39, 0.29) is 18.0 Å². The van der Waals surface area contributed by atoms with Crippen LogP contribution in [0.1, 0.15) is 71.6 Å². The van der Waals surface area contributed by atoms with Gasteiger partial charge in [0.2, 0.25) is 5.91 Å². The Balaban J connectivity index is 2.13. The highest BCUT2D eigenvalue weighted by Crippen LogP contribution is 2.16. The maximum absolute atomic E-state index is 11.8. The smallest absolute Gasteiger partial charge is 0.315 e. The predicted molar refractivity (Wildman–Crippen MR) is 85.2 cm³/mol. The summed E-state index contributed by atoms with van der Waals surface area (Å²) in [5.74, 6) is -0.00407. The highest BCUT2D eigenvalue weighted by Gasteiger charge is 2.14. The van der Waals surface area contributed by atoms with Crippen LogP contribution in [0.3, 0.4) is 0 Å². The fourth-order valence-corrected chi connectivity index (χ4v) is 2.58. The summed E-state index contributed by atoms with van der Waals surface area (Å²) >= 11 is 0. The van der Waals surface area contributed by atoms with Gasteiger partial charge in [0, 0.05) is 25.0 Å². The molecular weight excluding hydrogens is 266 g/mol. The highest BCUT2D eigenvalue weighted by molar-refractivity contribution is 5.78. The molecule has 0 heterocycles. The molecule has 1 saturated carbocycles. The van der Waals surface area contributed by atoms with Gasteiger partial charge in [0.25, 0.3) is 0 Å². The van der Waals surface area contributed by atoms with Crippen molar-refractivity contribution >= 4 is 11.9 Å². The minimum Gasteiger partial charge on any atom is -0.354 e. The zero-order chi connectivity index (χ0) is 15.5. The molecule has 21 heavy (non-hydrogen) atoms. The minimum absolute atomic E-state index is 0.00407. The molecule has 0 saturated heterocycles. The molecule has 122 valence electrons. The summed E-state index contributed by atoms with van der Waals surface area (Å²) in [5, 5.41) is 8.70. The van der Waals surface area contributed by atoms with Crippen molar-refractivity contribution in [1.82, 2.24) is 16.0 Å². The van der Waals surface area contributed by atoms with Crippen molar-refractivity contribution in [3.63, 3.8) is 0 Å². The monoisotopic (exact) mass is 297 g/mol. The number of hydrogen-bond acceptors (Lipinski definition) is 2. The lowest BCUT2D eigenvalue weighted by molar-refractivity contribution is -0.121. The van der Waals surface area contributed by atoms with Gasteiger partial charge in [-0.2, -0.15) is 0 Å². The molecule has 0 spiro atoms. The largest absolute Gasteiger partial charge is 0.354 e. The van der Waals surface area contributed by atoms with Crippen LogP contribution in [0.2, 0.25) is 0 Å². The van der Waals surface area contributed by atoms with Crippen molar-refractivity contribution in [3.8, 4) is 0 Å². The number of carbonyl (C=O) groups excluding carboxylic acids is 2. The second kappa shape index (κ2) is 10.5. The van der Waals surface area contributed by atoms with Gasteiger partial charge < -0.3 is 16.0 Å². The molecule has 0 aromatic heterocycles. The average Bonchev–Trinajstić information content (AvgIpc) is 2.41. The van der Waals surface area contributed by atoms with Crippen LogP contribution in [0.25, 0.3) is 0 Å². The third-order valence-corrected chi connectivity index (χ3v) is 4.10. The van der Waals surface area contributed by atoms with Crippen molar-refractivity contribution < 1.29 is 9.59 Å². The molecule has 1 fully saturated rings. The number of rotatable bonds is 6. The Morgan fingerprint density at radius 3 is 2.33 bits per heavy atom. The summed E-state index contributed by atoms with van der Waals surface area (Å²) in [6.07, 6.45) is 9.66. The Kier molecular flexibility index (Phi) is 8.87. The van der Waals surface area contributed by atoms with Gasteiger partial charge in [0.05, 0.1) is 0 Å². The molecule has 0 aromatic rings. The Hall–Kier alpha value is -1.26. The highest BCUT2D eigenvalue weighted by atomic mass is 16.2. The van der Waals surface area contributed by atoms with E-state index in [2.05, 4.69) is 16.0 Å². The Morgan fingerprint density at radius 1 is 1.10 bits per heavy atom. The van der Waals surface area contributed by atoms with Gasteiger partial charge in [-0.25, -0.2) is 4.79 Å². The molecule has 1 rings (SSSR count). The van der Waals surface area contributed by atoms with E-state index in [1.165, 1.54) is 32.1 Å². The van der Waals surface area contributed by atoms with E-state index >= 15 is 0 Å². The molecule has 0 aromatic carbocycles. The van der Waals surface area contributed by atoms with Crippen LogP contribution < -0.4 is 16.0 Å². The van der Waals surface area contributed by atoms with Crippen molar-refractivity contribution in [1.29, 1.82) is 0 Å². The molecule has 3 amide bonds. The molecular formula is C16H31N3O2. The lowest BCUT2D eigenvalue weighted by Gasteiger charge is -2.21. The van der Waals surface area contributed by atoms with Crippen LogP contribution in [0, 0.1) is 0 Å². The van der Waals surface area contributed by atoms with Gasteiger partial charge in [0.1, 0.15) is 0 Å². The minimum atomic E-state index is -0.142. The number of nitrogens with one attached hydrogen (secondary N) is 3. The van der Waals surface area contributed by atoms with Gasteiger partial charge in [-0.15, -0.1) is 0 Å². The molecule has 1 aliphatic carbocycles. The van der Waals surface area contributed by atoms with Crippen LogP contribution in [0.15, 0.2) is 0 Å². The fraction of sp³-hybridized carbons (Fsp3) is 0.875. The number of carbonyl (C=O) groups is 2. The van der Waals surface area contributed by atoms with E-state index in [4.69, 9.17) is 0 Å². The van der Waals surface area contributed by atoms with Gasteiger partial charge in [-0.1, -0.05) is 39.0 Å². The van der Waals surface area contributed by atoms with Crippen molar-refractivity contribution in [3.05, 3.63) is 0 Å². The summed E-state index contributed by atoms with van der Waals surface area (Å²) in [4.78, 5) is 23.4. The molecule has 1 atom stereocenters. The normalized spacial score (nSPS) is 18.2. The molecule has 3 N–H and O–H groups in total. The van der Waals surface area contributed by atoms with Crippen LogP contribution in [0.5, 0.6) is 0 Å². The fourth-order valence-electron chi connectivity index (χ4n) is 2.58. The summed E-state index contributed by atoms with van der Waals surface area (Å²) in [6, 6.07) is 0.345. The van der Waals surface area contributed by atoms with E-state index in [9.17, 15) is 9.59 Å². The molecule has 5 nitrogen and oxygen atoms in total. The molecule has 1 aliphatic rings. The van der Waals surface area contributed by atoms with Crippen LogP contribution >= 0.6 is 0 Å². The second-order valence-corrected chi connectivity index (χ2v) is 6.07. The third kappa shape index (κ3) is 8.58. The van der Waals surface area contributed by atoms with Gasteiger partial charge in [-0.3, -0.25) is 4.79 Å². The van der Waals surface area contributed by atoms with E-state index < -0.39 is 0 Å². The van der Waals surface area contributed by atoms with Crippen molar-refractivity contribution in [2.24, 2.45) is 0 Å². The zero-order valence-corrected chi connectivity index (χ0v) is 13.5. The molecule has 0 radical (unpaired) electrons. The quantitative estimate of drug-likeness (QED) is 0.705. The van der Waals surface area contributed by atoms with Gasteiger partial charge in [0.15, 0.2) is 0 Å². The van der Waals surface area contributed by atoms with Gasteiger partial charge >= 0.3 is 6.03 Å². The van der Waals surface area contributed by atoms with Crippen molar-refractivity contribution in [2.45, 2.75) is 83.7 Å². The SMILES string of the molecule is CCC(C)NC(=O)CCNC(=O)NC1CCCCCCC1. The topological polar surface area (TPSA) is 70.2 Å². The van der Waals surface area contributed by atoms with Crippen LogP contribution in [-0.2, 0) is 4.79 Å². The van der Waals surface area contributed by atoms with Crippen LogP contribution in [-0.4, -0.2) is 30.6 Å². The Labute approximate surface area is 128 Å². The first kappa shape index (κ1) is 17.8. The number of hydrogen-bond donors (Lipinski definition) is 3. The summed E-state index contributed by atoms with van der Waals surface area (Å²) in [7, 11) is 0. The van der Waals surface area contributed by atoms with E-state index in [1.807, 2.05) is 13.8 Å².